The minimum absolute atomic E-state index is 0.127. The SMILES string of the molecule is O=C(NC1CCCC1)[C@@H](c1ccncc1)N(CCCN1CCOCC1)C(=O)c1ccc(-c2ccccc2)[nH]1. The third-order valence-corrected chi connectivity index (χ3v) is 7.52. The number of benzene rings is 1. The van der Waals surface area contributed by atoms with Crippen molar-refractivity contribution in [1.29, 1.82) is 0 Å². The van der Waals surface area contributed by atoms with Crippen LogP contribution in [-0.2, 0) is 9.53 Å². The van der Waals surface area contributed by atoms with Gasteiger partial charge < -0.3 is 19.9 Å². The molecule has 1 aliphatic heterocycles. The molecule has 3 heterocycles. The fourth-order valence-electron chi connectivity index (χ4n) is 5.47. The summed E-state index contributed by atoms with van der Waals surface area (Å²) >= 11 is 0. The highest BCUT2D eigenvalue weighted by Gasteiger charge is 2.34. The fraction of sp³-hybridized carbons (Fsp3) is 0.433. The van der Waals surface area contributed by atoms with E-state index >= 15 is 0 Å². The quantitative estimate of drug-likeness (QED) is 0.425. The molecule has 0 radical (unpaired) electrons. The van der Waals surface area contributed by atoms with Crippen molar-refractivity contribution in [3.05, 3.63) is 78.2 Å². The maximum atomic E-state index is 14.1. The van der Waals surface area contributed by atoms with Crippen molar-refractivity contribution in [3.8, 4) is 11.3 Å². The number of hydrogen-bond donors (Lipinski definition) is 2. The number of pyridine rings is 1. The van der Waals surface area contributed by atoms with Crippen LogP contribution in [0.3, 0.4) is 0 Å². The summed E-state index contributed by atoms with van der Waals surface area (Å²) < 4.78 is 5.48. The first-order valence-electron chi connectivity index (χ1n) is 13.7. The van der Waals surface area contributed by atoms with E-state index in [-0.39, 0.29) is 17.9 Å². The zero-order valence-corrected chi connectivity index (χ0v) is 21.9. The van der Waals surface area contributed by atoms with Crippen molar-refractivity contribution in [2.24, 2.45) is 0 Å². The van der Waals surface area contributed by atoms with Crippen LogP contribution in [0, 0.1) is 0 Å². The van der Waals surface area contributed by atoms with Crippen molar-refractivity contribution in [2.75, 3.05) is 39.4 Å². The number of nitrogens with zero attached hydrogens (tertiary/aromatic N) is 3. The lowest BCUT2D eigenvalue weighted by atomic mass is 10.0. The molecular weight excluding hydrogens is 478 g/mol. The predicted molar refractivity (Wildman–Crippen MR) is 147 cm³/mol. The fourth-order valence-corrected chi connectivity index (χ4v) is 5.47. The van der Waals surface area contributed by atoms with E-state index in [9.17, 15) is 9.59 Å². The van der Waals surface area contributed by atoms with Gasteiger partial charge in [-0.15, -0.1) is 0 Å². The maximum Gasteiger partial charge on any atom is 0.271 e. The third kappa shape index (κ3) is 6.49. The molecule has 1 saturated heterocycles. The number of hydrogen-bond acceptors (Lipinski definition) is 5. The van der Waals surface area contributed by atoms with Gasteiger partial charge in [0, 0.05) is 50.3 Å². The molecule has 1 atom stereocenters. The van der Waals surface area contributed by atoms with Gasteiger partial charge in [0.2, 0.25) is 5.91 Å². The second-order valence-corrected chi connectivity index (χ2v) is 10.1. The van der Waals surface area contributed by atoms with Crippen molar-refractivity contribution in [3.63, 3.8) is 0 Å². The van der Waals surface area contributed by atoms with Crippen LogP contribution in [0.2, 0.25) is 0 Å². The molecular formula is C30H37N5O3. The van der Waals surface area contributed by atoms with E-state index in [4.69, 9.17) is 4.74 Å². The van der Waals surface area contributed by atoms with E-state index in [0.717, 1.165) is 81.8 Å². The molecule has 200 valence electrons. The van der Waals surface area contributed by atoms with Crippen molar-refractivity contribution >= 4 is 11.8 Å². The first kappa shape index (κ1) is 26.1. The van der Waals surface area contributed by atoms with E-state index in [0.29, 0.717) is 12.2 Å². The van der Waals surface area contributed by atoms with E-state index in [1.807, 2.05) is 54.6 Å². The average Bonchev–Trinajstić information content (AvgIpc) is 3.67. The van der Waals surface area contributed by atoms with Gasteiger partial charge in [0.25, 0.3) is 5.91 Å². The summed E-state index contributed by atoms with van der Waals surface area (Å²) in [5.41, 5.74) is 3.13. The van der Waals surface area contributed by atoms with Gasteiger partial charge in [-0.3, -0.25) is 19.5 Å². The normalized spacial score (nSPS) is 17.3. The number of rotatable bonds is 10. The first-order valence-corrected chi connectivity index (χ1v) is 13.7. The molecule has 2 amide bonds. The van der Waals surface area contributed by atoms with Gasteiger partial charge in [0.15, 0.2) is 0 Å². The molecule has 2 aromatic heterocycles. The second kappa shape index (κ2) is 12.8. The lowest BCUT2D eigenvalue weighted by Gasteiger charge is -2.33. The number of nitrogens with one attached hydrogen (secondary N) is 2. The Morgan fingerprint density at radius 1 is 1.03 bits per heavy atom. The Bertz CT molecular complexity index is 1170. The summed E-state index contributed by atoms with van der Waals surface area (Å²) in [6, 6.07) is 16.8. The van der Waals surface area contributed by atoms with Gasteiger partial charge in [-0.1, -0.05) is 43.2 Å². The lowest BCUT2D eigenvalue weighted by molar-refractivity contribution is -0.126. The first-order chi connectivity index (χ1) is 18.7. The Morgan fingerprint density at radius 2 is 1.76 bits per heavy atom. The second-order valence-electron chi connectivity index (χ2n) is 10.1. The standard InChI is InChI=1S/C30H37N5O3/c36-29(32-25-9-4-5-10-25)28(24-13-15-31-16-14-24)35(18-6-17-34-19-21-38-22-20-34)30(37)27-12-11-26(33-27)23-7-2-1-3-8-23/h1-3,7-8,11-16,25,28,33H,4-6,9-10,17-22H2,(H,32,36)/t28-/m1/s1. The summed E-state index contributed by atoms with van der Waals surface area (Å²) in [5, 5.41) is 3.24. The Hall–Kier alpha value is -3.49. The van der Waals surface area contributed by atoms with Crippen LogP contribution >= 0.6 is 0 Å². The number of aromatic nitrogens is 2. The van der Waals surface area contributed by atoms with E-state index in [2.05, 4.69) is 20.2 Å². The highest BCUT2D eigenvalue weighted by Crippen LogP contribution is 2.27. The van der Waals surface area contributed by atoms with Gasteiger partial charge in [-0.25, -0.2) is 0 Å². The average molecular weight is 516 g/mol. The highest BCUT2D eigenvalue weighted by molar-refractivity contribution is 5.97. The zero-order chi connectivity index (χ0) is 26.2. The molecule has 1 aliphatic carbocycles. The van der Waals surface area contributed by atoms with Crippen molar-refractivity contribution in [1.82, 2.24) is 25.1 Å². The number of H-pyrrole nitrogens is 1. The van der Waals surface area contributed by atoms with E-state index in [1.165, 1.54) is 0 Å². The van der Waals surface area contributed by atoms with Gasteiger partial charge in [0.1, 0.15) is 11.7 Å². The van der Waals surface area contributed by atoms with Crippen LogP contribution < -0.4 is 5.32 Å². The number of carbonyl (C=O) groups excluding carboxylic acids is 2. The molecule has 1 saturated carbocycles. The summed E-state index contributed by atoms with van der Waals surface area (Å²) in [6.07, 6.45) is 8.34. The minimum Gasteiger partial charge on any atom is -0.379 e. The predicted octanol–water partition coefficient (Wildman–Crippen LogP) is 4.04. The molecule has 8 nitrogen and oxygen atoms in total. The number of morpholine rings is 1. The van der Waals surface area contributed by atoms with E-state index < -0.39 is 6.04 Å². The molecule has 3 aromatic rings. The van der Waals surface area contributed by atoms with Crippen LogP contribution in [0.4, 0.5) is 0 Å². The van der Waals surface area contributed by atoms with Crippen LogP contribution in [-0.4, -0.2) is 77.0 Å². The maximum absolute atomic E-state index is 14.1. The topological polar surface area (TPSA) is 90.6 Å². The van der Waals surface area contributed by atoms with Gasteiger partial charge >= 0.3 is 0 Å². The van der Waals surface area contributed by atoms with Crippen molar-refractivity contribution in [2.45, 2.75) is 44.2 Å². The van der Waals surface area contributed by atoms with Gasteiger partial charge in [-0.2, -0.15) is 0 Å². The largest absolute Gasteiger partial charge is 0.379 e. The summed E-state index contributed by atoms with van der Waals surface area (Å²) in [5.74, 6) is -0.310. The smallest absolute Gasteiger partial charge is 0.271 e. The molecule has 0 bridgehead atoms. The molecule has 2 fully saturated rings. The van der Waals surface area contributed by atoms with Crippen LogP contribution in [0.5, 0.6) is 0 Å². The van der Waals surface area contributed by atoms with Crippen LogP contribution in [0.25, 0.3) is 11.3 Å². The molecule has 1 aromatic carbocycles. The molecule has 8 heteroatoms. The minimum atomic E-state index is -0.737. The summed E-state index contributed by atoms with van der Waals surface area (Å²) in [6.45, 7) is 4.55. The summed E-state index contributed by atoms with van der Waals surface area (Å²) in [4.78, 5) is 39.5. The van der Waals surface area contributed by atoms with Gasteiger partial charge in [0.05, 0.1) is 13.2 Å². The Kier molecular flexibility index (Phi) is 8.83. The molecule has 0 spiro atoms. The lowest BCUT2D eigenvalue weighted by Crippen LogP contribution is -2.47. The van der Waals surface area contributed by atoms with E-state index in [1.54, 1.807) is 17.3 Å². The molecule has 5 rings (SSSR count). The van der Waals surface area contributed by atoms with Crippen LogP contribution in [0.15, 0.2) is 67.0 Å². The number of ether oxygens (including phenoxy) is 1. The third-order valence-electron chi connectivity index (χ3n) is 7.52. The Morgan fingerprint density at radius 3 is 2.50 bits per heavy atom. The molecule has 0 unspecified atom stereocenters. The molecule has 38 heavy (non-hydrogen) atoms. The highest BCUT2D eigenvalue weighted by atomic mass is 16.5. The number of carbonyl (C=O) groups is 2. The molecule has 2 N–H and O–H groups in total. The zero-order valence-electron chi connectivity index (χ0n) is 21.9. The monoisotopic (exact) mass is 515 g/mol. The number of amides is 2. The molecule has 2 aliphatic rings. The van der Waals surface area contributed by atoms with Gasteiger partial charge in [-0.05, 0) is 54.7 Å². The number of aromatic amines is 1. The Labute approximate surface area is 224 Å². The Balaban J connectivity index is 1.42. The van der Waals surface area contributed by atoms with Crippen molar-refractivity contribution < 1.29 is 14.3 Å². The summed E-state index contributed by atoms with van der Waals surface area (Å²) in [7, 11) is 0. The van der Waals surface area contributed by atoms with Crippen LogP contribution in [0.1, 0.15) is 54.2 Å².